The average molecular weight is 594 g/mol. The van der Waals surface area contributed by atoms with Crippen LogP contribution in [-0.2, 0) is 0 Å². The summed E-state index contributed by atoms with van der Waals surface area (Å²) in [7, 11) is 2.34. The molecule has 2 aliphatic carbocycles. The van der Waals surface area contributed by atoms with Crippen molar-refractivity contribution in [1.29, 1.82) is 0 Å². The molecule has 6 rings (SSSR count). The minimum Gasteiger partial charge on any atom is -0.496 e. The van der Waals surface area contributed by atoms with Gasteiger partial charge in [0, 0.05) is 11.1 Å². The zero-order chi connectivity index (χ0) is 28.7. The van der Waals surface area contributed by atoms with Crippen molar-refractivity contribution in [3.8, 4) is 22.6 Å². The lowest BCUT2D eigenvalue weighted by atomic mass is 9.84. The van der Waals surface area contributed by atoms with Crippen molar-refractivity contribution in [3.05, 3.63) is 103 Å². The second kappa shape index (κ2) is 14.2. The smallest absolute Gasteiger partial charge is 0.127 e. The van der Waals surface area contributed by atoms with Gasteiger partial charge in [0.05, 0.1) is 14.2 Å². The second-order valence-corrected chi connectivity index (χ2v) is 17.7. The summed E-state index contributed by atoms with van der Waals surface area (Å²) in [5.41, 5.74) is 4.37. The van der Waals surface area contributed by atoms with Gasteiger partial charge in [-0.1, -0.05) is 117 Å². The van der Waals surface area contributed by atoms with Crippen LogP contribution in [0.15, 0.2) is 91.0 Å². The van der Waals surface area contributed by atoms with E-state index >= 15 is 0 Å². The normalized spacial score (nSPS) is 17.9. The molecule has 2 saturated carbocycles. The predicted molar refractivity (Wildman–Crippen MR) is 182 cm³/mol. The number of rotatable bonds is 9. The van der Waals surface area contributed by atoms with Gasteiger partial charge < -0.3 is 9.47 Å². The molecule has 2 unspecified atom stereocenters. The molecule has 4 aromatic carbocycles. The van der Waals surface area contributed by atoms with E-state index in [0.29, 0.717) is 5.66 Å². The summed E-state index contributed by atoms with van der Waals surface area (Å²) in [5.74, 6) is 2.48. The summed E-state index contributed by atoms with van der Waals surface area (Å²) >= 11 is 0. The third kappa shape index (κ3) is 6.32. The highest BCUT2D eigenvalue weighted by molar-refractivity contribution is 8.39. The van der Waals surface area contributed by atoms with Gasteiger partial charge in [0.1, 0.15) is 11.5 Å². The Morgan fingerprint density at radius 3 is 1.95 bits per heavy atom. The van der Waals surface area contributed by atoms with Crippen LogP contribution in [-0.4, -0.2) is 19.9 Å². The van der Waals surface area contributed by atoms with Crippen LogP contribution in [0.5, 0.6) is 11.5 Å². The van der Waals surface area contributed by atoms with Crippen LogP contribution in [0.3, 0.4) is 0 Å². The van der Waals surface area contributed by atoms with E-state index in [9.17, 15) is 0 Å². The van der Waals surface area contributed by atoms with E-state index in [2.05, 4.69) is 84.9 Å². The van der Waals surface area contributed by atoms with Gasteiger partial charge in [-0.2, -0.15) is 0 Å². The van der Waals surface area contributed by atoms with E-state index < -0.39 is 15.2 Å². The Morgan fingerprint density at radius 1 is 0.619 bits per heavy atom. The lowest BCUT2D eigenvalue weighted by Gasteiger charge is -2.39. The standard InChI is InChI=1S/C38H43O2P2/c1-39-35-22-13-12-21-34(35)38-36(40-2)23-14-24-37(38)42(32-19-10-5-11-20-32)41(31-17-8-4-9-18-31)33-27-25-30(26-28-33)29-15-6-3-7-16-29/h4,8-9,12-14,17-18,22-29,32H,3,5-7,10-11,15-16,19-20H2,1-2H3. The van der Waals surface area contributed by atoms with Gasteiger partial charge in [-0.25, -0.2) is 0 Å². The first-order chi connectivity index (χ1) is 20.8. The number of hydrogen-bond acceptors (Lipinski definition) is 2. The number of hydrogen-bond donors (Lipinski definition) is 0. The van der Waals surface area contributed by atoms with Crippen molar-refractivity contribution in [1.82, 2.24) is 0 Å². The van der Waals surface area contributed by atoms with Crippen LogP contribution in [0.1, 0.15) is 75.7 Å². The van der Waals surface area contributed by atoms with Crippen molar-refractivity contribution in [3.63, 3.8) is 0 Å². The molecule has 0 saturated heterocycles. The maximum atomic E-state index is 6.09. The van der Waals surface area contributed by atoms with Gasteiger partial charge in [-0.3, -0.25) is 0 Å². The van der Waals surface area contributed by atoms with E-state index in [1.54, 1.807) is 14.2 Å². The van der Waals surface area contributed by atoms with Crippen molar-refractivity contribution in [2.24, 2.45) is 0 Å². The fraction of sp³-hybridized carbons (Fsp3) is 0.368. The van der Waals surface area contributed by atoms with E-state index in [0.717, 1.165) is 28.5 Å². The molecule has 4 heteroatoms. The summed E-state index contributed by atoms with van der Waals surface area (Å²) in [5, 5.41) is 4.42. The zero-order valence-corrected chi connectivity index (χ0v) is 26.9. The highest BCUT2D eigenvalue weighted by Crippen LogP contribution is 2.72. The number of benzene rings is 4. The summed E-state index contributed by atoms with van der Waals surface area (Å²) < 4.78 is 12.0. The first kappa shape index (κ1) is 29.4. The minimum atomic E-state index is -0.627. The van der Waals surface area contributed by atoms with Crippen LogP contribution in [0.25, 0.3) is 11.1 Å². The monoisotopic (exact) mass is 593 g/mol. The summed E-state index contributed by atoms with van der Waals surface area (Å²) in [6, 6.07) is 37.6. The fourth-order valence-corrected chi connectivity index (χ4v) is 16.3. The Bertz CT molecular complexity index is 1420. The van der Waals surface area contributed by atoms with Crippen LogP contribution in [0.4, 0.5) is 0 Å². The first-order valence-electron chi connectivity index (χ1n) is 15.7. The van der Waals surface area contributed by atoms with E-state index in [4.69, 9.17) is 9.47 Å². The maximum Gasteiger partial charge on any atom is 0.127 e. The molecule has 0 amide bonds. The van der Waals surface area contributed by atoms with Crippen molar-refractivity contribution in [2.45, 2.75) is 75.8 Å². The van der Waals surface area contributed by atoms with E-state index in [1.807, 2.05) is 12.1 Å². The van der Waals surface area contributed by atoms with Crippen molar-refractivity contribution < 1.29 is 9.47 Å². The van der Waals surface area contributed by atoms with Gasteiger partial charge in [-0.15, -0.1) is 0 Å². The number of ether oxygens (including phenoxy) is 2. The first-order valence-corrected chi connectivity index (χ1v) is 19.2. The van der Waals surface area contributed by atoms with E-state index in [-0.39, 0.29) is 0 Å². The highest BCUT2D eigenvalue weighted by Gasteiger charge is 2.36. The van der Waals surface area contributed by atoms with Gasteiger partial charge in [0.25, 0.3) is 0 Å². The molecule has 4 aromatic rings. The second-order valence-electron chi connectivity index (χ2n) is 11.7. The Hall–Kier alpha value is -2.66. The molecule has 0 N–H and O–H groups in total. The fourth-order valence-electron chi connectivity index (χ4n) is 7.00. The highest BCUT2D eigenvalue weighted by atomic mass is 32.1. The summed E-state index contributed by atoms with van der Waals surface area (Å²) in [4.78, 5) is 0. The van der Waals surface area contributed by atoms with Gasteiger partial charge in [-0.05, 0) is 92.2 Å². The molecule has 42 heavy (non-hydrogen) atoms. The Morgan fingerprint density at radius 2 is 1.26 bits per heavy atom. The molecular formula is C38H43O2P2. The molecule has 0 aromatic heterocycles. The minimum absolute atomic E-state index is 0.589. The molecule has 217 valence electrons. The van der Waals surface area contributed by atoms with Gasteiger partial charge in [0.2, 0.25) is 0 Å². The predicted octanol–water partition coefficient (Wildman–Crippen LogP) is 9.71. The molecular weight excluding hydrogens is 550 g/mol. The summed E-state index contributed by atoms with van der Waals surface area (Å²) in [6.07, 6.45) is 13.4. The summed E-state index contributed by atoms with van der Waals surface area (Å²) in [6.45, 7) is 0. The van der Waals surface area contributed by atoms with Gasteiger partial charge in [0.15, 0.2) is 0 Å². The van der Waals surface area contributed by atoms with E-state index in [1.165, 1.54) is 85.7 Å². The number of methoxy groups -OCH3 is 2. The van der Waals surface area contributed by atoms with Gasteiger partial charge >= 0.3 is 0 Å². The maximum absolute atomic E-state index is 6.09. The van der Waals surface area contributed by atoms with Crippen molar-refractivity contribution >= 4 is 31.1 Å². The van der Waals surface area contributed by atoms with Crippen LogP contribution >= 0.6 is 15.2 Å². The quantitative estimate of drug-likeness (QED) is 0.180. The topological polar surface area (TPSA) is 18.5 Å². The third-order valence-corrected chi connectivity index (χ3v) is 17.5. The molecule has 2 aliphatic rings. The Kier molecular flexibility index (Phi) is 9.95. The lowest BCUT2D eigenvalue weighted by Crippen LogP contribution is -2.24. The molecule has 2 atom stereocenters. The lowest BCUT2D eigenvalue weighted by molar-refractivity contribution is 0.410. The third-order valence-electron chi connectivity index (χ3n) is 9.11. The Labute approximate surface area is 255 Å². The molecule has 0 spiro atoms. The average Bonchev–Trinajstić information content (AvgIpc) is 3.08. The SMILES string of the molecule is COc1ccc[c]c1-c1c(OC)cccc1P(C1CCCCC1)P(c1ccccc1)c1ccc(C2CCCCC2)cc1. The van der Waals surface area contributed by atoms with Crippen LogP contribution in [0, 0.1) is 6.07 Å². The molecule has 2 nitrogen and oxygen atoms in total. The molecule has 1 radical (unpaired) electrons. The molecule has 0 bridgehead atoms. The molecule has 2 fully saturated rings. The van der Waals surface area contributed by atoms with Crippen molar-refractivity contribution in [2.75, 3.05) is 14.2 Å². The van der Waals surface area contributed by atoms with Crippen LogP contribution < -0.4 is 25.4 Å². The largest absolute Gasteiger partial charge is 0.496 e. The van der Waals surface area contributed by atoms with Crippen LogP contribution in [0.2, 0.25) is 0 Å². The zero-order valence-electron chi connectivity index (χ0n) is 25.1. The molecule has 0 heterocycles. The molecule has 0 aliphatic heterocycles. The Balaban J connectivity index is 1.54.